The Morgan fingerprint density at radius 2 is 1.96 bits per heavy atom. The third kappa shape index (κ3) is 3.89. The first-order valence-corrected chi connectivity index (χ1v) is 9.04. The number of carbonyl (C=O) groups is 1. The molecule has 1 heterocycles. The molecule has 27 heavy (non-hydrogen) atoms. The van der Waals surface area contributed by atoms with Crippen molar-refractivity contribution in [2.75, 3.05) is 14.2 Å². The van der Waals surface area contributed by atoms with Gasteiger partial charge >= 0.3 is 0 Å². The number of carbonyl (C=O) groups excluding carboxylic acids is 1. The number of H-pyrrole nitrogens is 1. The van der Waals surface area contributed by atoms with E-state index in [1.807, 2.05) is 24.3 Å². The zero-order valence-corrected chi connectivity index (χ0v) is 16.1. The molecule has 0 aliphatic carbocycles. The van der Waals surface area contributed by atoms with Gasteiger partial charge in [0, 0.05) is 0 Å². The number of aromatic nitrogens is 2. The minimum Gasteiger partial charge on any atom is -0.497 e. The summed E-state index contributed by atoms with van der Waals surface area (Å²) < 4.78 is 10.6. The summed E-state index contributed by atoms with van der Waals surface area (Å²) in [7, 11) is 3.11. The van der Waals surface area contributed by atoms with Gasteiger partial charge in [-0.25, -0.2) is 4.98 Å². The number of nitrogens with one attached hydrogen (secondary N) is 2. The Labute approximate surface area is 158 Å². The lowest BCUT2D eigenvalue weighted by molar-refractivity contribution is 0.0917. The molecule has 1 amide bonds. The molecular weight excluding hydrogens is 342 g/mol. The molecule has 2 aromatic carbocycles. The predicted molar refractivity (Wildman–Crippen MR) is 105 cm³/mol. The number of nitrogens with zero attached hydrogens (tertiary/aromatic N) is 1. The summed E-state index contributed by atoms with van der Waals surface area (Å²) in [4.78, 5) is 21.0. The fourth-order valence-corrected chi connectivity index (χ4v) is 3.05. The van der Waals surface area contributed by atoms with Crippen LogP contribution in [0, 0.1) is 5.92 Å². The molecule has 2 N–H and O–H groups in total. The van der Waals surface area contributed by atoms with E-state index in [9.17, 15) is 4.79 Å². The van der Waals surface area contributed by atoms with Crippen LogP contribution in [0.1, 0.15) is 42.5 Å². The van der Waals surface area contributed by atoms with Crippen molar-refractivity contribution in [1.29, 1.82) is 0 Å². The van der Waals surface area contributed by atoms with Gasteiger partial charge in [0.05, 0.1) is 36.9 Å². The summed E-state index contributed by atoms with van der Waals surface area (Å²) in [6.45, 7) is 4.19. The minimum atomic E-state index is -0.245. The topological polar surface area (TPSA) is 76.2 Å². The maximum atomic E-state index is 13.0. The van der Waals surface area contributed by atoms with Gasteiger partial charge in [-0.1, -0.05) is 32.4 Å². The SMILES string of the molecule is CCC(C)C(NC(=O)c1cc(OC)ccc1OC)c1nc2ccccc2[nH]1. The first-order valence-electron chi connectivity index (χ1n) is 9.04. The Bertz CT molecular complexity index is 902. The molecule has 0 radical (unpaired) electrons. The molecule has 6 heteroatoms. The number of methoxy groups -OCH3 is 2. The highest BCUT2D eigenvalue weighted by molar-refractivity contribution is 5.97. The summed E-state index contributed by atoms with van der Waals surface area (Å²) in [5.74, 6) is 1.83. The normalized spacial score (nSPS) is 13.2. The van der Waals surface area contributed by atoms with Crippen molar-refractivity contribution in [1.82, 2.24) is 15.3 Å². The van der Waals surface area contributed by atoms with E-state index >= 15 is 0 Å². The number of hydrogen-bond donors (Lipinski definition) is 2. The minimum absolute atomic E-state index is 0.200. The van der Waals surface area contributed by atoms with Gasteiger partial charge < -0.3 is 19.8 Å². The molecular formula is C21H25N3O3. The van der Waals surface area contributed by atoms with E-state index in [0.717, 1.165) is 23.3 Å². The van der Waals surface area contributed by atoms with Crippen molar-refractivity contribution in [3.8, 4) is 11.5 Å². The van der Waals surface area contributed by atoms with Crippen LogP contribution >= 0.6 is 0 Å². The van der Waals surface area contributed by atoms with E-state index in [2.05, 4.69) is 29.1 Å². The molecule has 0 bridgehead atoms. The molecule has 0 saturated carbocycles. The van der Waals surface area contributed by atoms with Crippen LogP contribution < -0.4 is 14.8 Å². The number of para-hydroxylation sites is 2. The molecule has 2 atom stereocenters. The first kappa shape index (κ1) is 18.8. The maximum Gasteiger partial charge on any atom is 0.255 e. The van der Waals surface area contributed by atoms with Gasteiger partial charge in [0.2, 0.25) is 0 Å². The summed E-state index contributed by atoms with van der Waals surface area (Å²) >= 11 is 0. The van der Waals surface area contributed by atoms with Crippen LogP contribution in [0.3, 0.4) is 0 Å². The summed E-state index contributed by atoms with van der Waals surface area (Å²) in [5, 5.41) is 3.12. The average Bonchev–Trinajstić information content (AvgIpc) is 3.14. The van der Waals surface area contributed by atoms with Gasteiger partial charge in [0.25, 0.3) is 5.91 Å². The molecule has 3 aromatic rings. The highest BCUT2D eigenvalue weighted by Crippen LogP contribution is 2.28. The molecule has 3 rings (SSSR count). The van der Waals surface area contributed by atoms with E-state index in [1.54, 1.807) is 32.4 Å². The van der Waals surface area contributed by atoms with E-state index in [1.165, 1.54) is 0 Å². The second kappa shape index (κ2) is 8.12. The van der Waals surface area contributed by atoms with Crippen LogP contribution in [0.25, 0.3) is 11.0 Å². The Morgan fingerprint density at radius 1 is 1.19 bits per heavy atom. The summed E-state index contributed by atoms with van der Waals surface area (Å²) in [6, 6.07) is 12.8. The Hall–Kier alpha value is -3.02. The lowest BCUT2D eigenvalue weighted by Crippen LogP contribution is -2.33. The molecule has 6 nitrogen and oxygen atoms in total. The zero-order chi connectivity index (χ0) is 19.4. The third-order valence-corrected chi connectivity index (χ3v) is 4.85. The van der Waals surface area contributed by atoms with E-state index in [-0.39, 0.29) is 17.9 Å². The van der Waals surface area contributed by atoms with Crippen LogP contribution in [0.4, 0.5) is 0 Å². The number of benzene rings is 2. The lowest BCUT2D eigenvalue weighted by atomic mass is 9.98. The number of fused-ring (bicyclic) bond motifs is 1. The van der Waals surface area contributed by atoms with Crippen molar-refractivity contribution in [3.63, 3.8) is 0 Å². The van der Waals surface area contributed by atoms with E-state index in [0.29, 0.717) is 17.1 Å². The number of imidazole rings is 1. The molecule has 142 valence electrons. The number of aromatic amines is 1. The quantitative estimate of drug-likeness (QED) is 0.659. The standard InChI is InChI=1S/C21H25N3O3/c1-5-13(2)19(20-22-16-8-6-7-9-17(16)23-20)24-21(25)15-12-14(26-3)10-11-18(15)27-4/h6-13,19H,5H2,1-4H3,(H,22,23)(H,24,25). The van der Waals surface area contributed by atoms with E-state index < -0.39 is 0 Å². The van der Waals surface area contributed by atoms with Crippen LogP contribution in [0.15, 0.2) is 42.5 Å². The van der Waals surface area contributed by atoms with Crippen molar-refractivity contribution in [2.45, 2.75) is 26.3 Å². The Morgan fingerprint density at radius 3 is 2.63 bits per heavy atom. The van der Waals surface area contributed by atoms with Gasteiger partial charge in [-0.3, -0.25) is 4.79 Å². The number of amides is 1. The largest absolute Gasteiger partial charge is 0.497 e. The van der Waals surface area contributed by atoms with Crippen molar-refractivity contribution >= 4 is 16.9 Å². The molecule has 0 fully saturated rings. The van der Waals surface area contributed by atoms with Crippen molar-refractivity contribution < 1.29 is 14.3 Å². The van der Waals surface area contributed by atoms with Crippen molar-refractivity contribution in [3.05, 3.63) is 53.9 Å². The maximum absolute atomic E-state index is 13.0. The van der Waals surface area contributed by atoms with Crippen LogP contribution in [-0.2, 0) is 0 Å². The van der Waals surface area contributed by atoms with Crippen molar-refractivity contribution in [2.24, 2.45) is 5.92 Å². The van der Waals surface area contributed by atoms with E-state index in [4.69, 9.17) is 9.47 Å². The Balaban J connectivity index is 1.94. The first-order chi connectivity index (χ1) is 13.1. The monoisotopic (exact) mass is 367 g/mol. The molecule has 0 aliphatic rings. The number of ether oxygens (including phenoxy) is 2. The average molecular weight is 367 g/mol. The van der Waals surface area contributed by atoms with Gasteiger partial charge in [0.15, 0.2) is 0 Å². The van der Waals surface area contributed by atoms with Crippen LogP contribution in [0.5, 0.6) is 11.5 Å². The third-order valence-electron chi connectivity index (χ3n) is 4.85. The van der Waals surface area contributed by atoms with Gasteiger partial charge in [-0.05, 0) is 36.2 Å². The molecule has 0 saturated heterocycles. The highest BCUT2D eigenvalue weighted by atomic mass is 16.5. The van der Waals surface area contributed by atoms with Gasteiger partial charge in [0.1, 0.15) is 17.3 Å². The lowest BCUT2D eigenvalue weighted by Gasteiger charge is -2.23. The Kier molecular flexibility index (Phi) is 5.64. The smallest absolute Gasteiger partial charge is 0.255 e. The molecule has 0 spiro atoms. The van der Waals surface area contributed by atoms with Crippen LogP contribution in [0.2, 0.25) is 0 Å². The van der Waals surface area contributed by atoms with Crippen LogP contribution in [-0.4, -0.2) is 30.1 Å². The number of hydrogen-bond acceptors (Lipinski definition) is 4. The number of rotatable bonds is 7. The van der Waals surface area contributed by atoms with Gasteiger partial charge in [-0.15, -0.1) is 0 Å². The summed E-state index contributed by atoms with van der Waals surface area (Å²) in [6.07, 6.45) is 0.900. The fourth-order valence-electron chi connectivity index (χ4n) is 3.05. The molecule has 0 aliphatic heterocycles. The molecule has 2 unspecified atom stereocenters. The predicted octanol–water partition coefficient (Wildman–Crippen LogP) is 4.10. The molecule has 1 aromatic heterocycles. The fraction of sp³-hybridized carbons (Fsp3) is 0.333. The summed E-state index contributed by atoms with van der Waals surface area (Å²) in [5.41, 5.74) is 2.27. The second-order valence-electron chi connectivity index (χ2n) is 6.54. The zero-order valence-electron chi connectivity index (χ0n) is 16.1. The van der Waals surface area contributed by atoms with Gasteiger partial charge in [-0.2, -0.15) is 0 Å². The highest BCUT2D eigenvalue weighted by Gasteiger charge is 2.25. The second-order valence-corrected chi connectivity index (χ2v) is 6.54.